The Bertz CT molecular complexity index is 510. The molecule has 0 aliphatic heterocycles. The van der Waals surface area contributed by atoms with Crippen molar-refractivity contribution in [2.45, 2.75) is 17.1 Å². The number of thioether (sulfide) groups is 1. The molecular weight excluding hydrogens is 262 g/mol. The fourth-order valence-electron chi connectivity index (χ4n) is 1.76. The van der Waals surface area contributed by atoms with Crippen LogP contribution in [0.4, 0.5) is 0 Å². The first-order chi connectivity index (χ1) is 8.70. The first kappa shape index (κ1) is 13.5. The maximum atomic E-state index is 6.22. The van der Waals surface area contributed by atoms with E-state index < -0.39 is 0 Å². The molecule has 0 saturated carbocycles. The van der Waals surface area contributed by atoms with E-state index in [9.17, 15) is 0 Å². The molecule has 2 aromatic carbocycles. The lowest BCUT2D eigenvalue weighted by Crippen LogP contribution is -2.09. The summed E-state index contributed by atoms with van der Waals surface area (Å²) >= 11 is 7.98. The van der Waals surface area contributed by atoms with Gasteiger partial charge in [0.05, 0.1) is 0 Å². The van der Waals surface area contributed by atoms with Gasteiger partial charge in [-0.2, -0.15) is 0 Å². The smallest absolute Gasteiger partial charge is 0.0481 e. The first-order valence-electron chi connectivity index (χ1n) is 5.88. The molecule has 1 unspecified atom stereocenters. The van der Waals surface area contributed by atoms with Crippen molar-refractivity contribution in [1.29, 1.82) is 0 Å². The van der Waals surface area contributed by atoms with E-state index in [4.69, 9.17) is 17.3 Å². The minimum absolute atomic E-state index is 0.196. The van der Waals surface area contributed by atoms with Crippen molar-refractivity contribution in [3.8, 4) is 0 Å². The summed E-state index contributed by atoms with van der Waals surface area (Å²) in [6.07, 6.45) is 0. The number of aryl methyl sites for hydroxylation is 1. The van der Waals surface area contributed by atoms with E-state index in [2.05, 4.69) is 31.2 Å². The van der Waals surface area contributed by atoms with Crippen molar-refractivity contribution in [2.24, 2.45) is 5.73 Å². The van der Waals surface area contributed by atoms with Gasteiger partial charge in [0.2, 0.25) is 0 Å². The van der Waals surface area contributed by atoms with E-state index in [0.29, 0.717) is 6.54 Å². The van der Waals surface area contributed by atoms with Gasteiger partial charge in [-0.1, -0.05) is 47.5 Å². The molecule has 0 heterocycles. The van der Waals surface area contributed by atoms with Crippen LogP contribution in [0.25, 0.3) is 0 Å². The Morgan fingerprint density at radius 2 is 1.78 bits per heavy atom. The molecule has 2 rings (SSSR count). The molecule has 1 atom stereocenters. The molecule has 3 heteroatoms. The van der Waals surface area contributed by atoms with Gasteiger partial charge in [0.25, 0.3) is 0 Å². The van der Waals surface area contributed by atoms with Crippen LogP contribution in [-0.4, -0.2) is 6.54 Å². The van der Waals surface area contributed by atoms with Crippen molar-refractivity contribution in [3.63, 3.8) is 0 Å². The summed E-state index contributed by atoms with van der Waals surface area (Å²) in [6, 6.07) is 16.4. The van der Waals surface area contributed by atoms with E-state index in [1.165, 1.54) is 10.5 Å². The molecule has 0 aliphatic rings. The molecule has 0 fully saturated rings. The van der Waals surface area contributed by atoms with Crippen LogP contribution in [0.3, 0.4) is 0 Å². The molecule has 2 N–H and O–H groups in total. The van der Waals surface area contributed by atoms with Crippen LogP contribution in [0.1, 0.15) is 16.4 Å². The maximum absolute atomic E-state index is 6.22. The van der Waals surface area contributed by atoms with Gasteiger partial charge in [-0.15, -0.1) is 11.8 Å². The molecule has 0 aromatic heterocycles. The summed E-state index contributed by atoms with van der Waals surface area (Å²) in [4.78, 5) is 1.22. The largest absolute Gasteiger partial charge is 0.329 e. The molecule has 18 heavy (non-hydrogen) atoms. The second kappa shape index (κ2) is 6.28. The van der Waals surface area contributed by atoms with Crippen molar-refractivity contribution in [2.75, 3.05) is 6.54 Å². The zero-order valence-corrected chi connectivity index (χ0v) is 11.8. The third kappa shape index (κ3) is 3.29. The monoisotopic (exact) mass is 277 g/mol. The molecule has 0 bridgehead atoms. The predicted octanol–water partition coefficient (Wildman–Crippen LogP) is 4.44. The van der Waals surface area contributed by atoms with Gasteiger partial charge in [-0.05, 0) is 30.7 Å². The lowest BCUT2D eigenvalue weighted by Gasteiger charge is -2.16. The lowest BCUT2D eigenvalue weighted by atomic mass is 10.1. The number of nitrogens with two attached hydrogens (primary N) is 1. The lowest BCUT2D eigenvalue weighted by molar-refractivity contribution is 0.941. The molecule has 2 aromatic rings. The van der Waals surface area contributed by atoms with Crippen LogP contribution >= 0.6 is 23.4 Å². The van der Waals surface area contributed by atoms with Gasteiger partial charge >= 0.3 is 0 Å². The van der Waals surface area contributed by atoms with Crippen LogP contribution in [0, 0.1) is 6.92 Å². The van der Waals surface area contributed by atoms with E-state index in [0.717, 1.165) is 10.6 Å². The zero-order chi connectivity index (χ0) is 13.0. The predicted molar refractivity (Wildman–Crippen MR) is 80.3 cm³/mol. The third-order valence-corrected chi connectivity index (χ3v) is 4.38. The second-order valence-corrected chi connectivity index (χ2v) is 5.86. The van der Waals surface area contributed by atoms with E-state index in [-0.39, 0.29) is 5.25 Å². The highest BCUT2D eigenvalue weighted by atomic mass is 35.5. The van der Waals surface area contributed by atoms with Crippen LogP contribution < -0.4 is 5.73 Å². The number of hydrogen-bond acceptors (Lipinski definition) is 2. The zero-order valence-electron chi connectivity index (χ0n) is 10.3. The Hall–Kier alpha value is -0.960. The number of rotatable bonds is 4. The Kier molecular flexibility index (Phi) is 4.70. The van der Waals surface area contributed by atoms with Gasteiger partial charge in [-0.3, -0.25) is 0 Å². The summed E-state index contributed by atoms with van der Waals surface area (Å²) in [5.74, 6) is 0. The molecule has 0 amide bonds. The number of halogens is 1. The van der Waals surface area contributed by atoms with Crippen LogP contribution in [0.2, 0.25) is 5.02 Å². The summed E-state index contributed by atoms with van der Waals surface area (Å²) in [6.45, 7) is 2.66. The van der Waals surface area contributed by atoms with E-state index in [1.807, 2.05) is 24.3 Å². The second-order valence-electron chi connectivity index (χ2n) is 4.18. The van der Waals surface area contributed by atoms with E-state index >= 15 is 0 Å². The SMILES string of the molecule is Cc1ccc(SC(CN)c2ccccc2Cl)cc1. The van der Waals surface area contributed by atoms with Crippen molar-refractivity contribution >= 4 is 23.4 Å². The summed E-state index contributed by atoms with van der Waals surface area (Å²) in [7, 11) is 0. The Morgan fingerprint density at radius 3 is 2.39 bits per heavy atom. The highest BCUT2D eigenvalue weighted by molar-refractivity contribution is 7.99. The average molecular weight is 278 g/mol. The topological polar surface area (TPSA) is 26.0 Å². The fraction of sp³-hybridized carbons (Fsp3) is 0.200. The minimum Gasteiger partial charge on any atom is -0.329 e. The van der Waals surface area contributed by atoms with Crippen molar-refractivity contribution in [3.05, 3.63) is 64.7 Å². The molecule has 0 radical (unpaired) electrons. The minimum atomic E-state index is 0.196. The molecule has 94 valence electrons. The molecule has 0 aliphatic carbocycles. The number of hydrogen-bond donors (Lipinski definition) is 1. The molecule has 1 nitrogen and oxygen atoms in total. The summed E-state index contributed by atoms with van der Waals surface area (Å²) in [5, 5.41) is 0.981. The highest BCUT2D eigenvalue weighted by Crippen LogP contribution is 2.37. The third-order valence-electron chi connectivity index (χ3n) is 2.77. The molecular formula is C15H16ClNS. The highest BCUT2D eigenvalue weighted by Gasteiger charge is 2.14. The number of benzene rings is 2. The summed E-state index contributed by atoms with van der Waals surface area (Å²) < 4.78 is 0. The van der Waals surface area contributed by atoms with Crippen LogP contribution in [0.15, 0.2) is 53.4 Å². The fourth-order valence-corrected chi connectivity index (χ4v) is 3.14. The first-order valence-corrected chi connectivity index (χ1v) is 7.14. The van der Waals surface area contributed by atoms with Gasteiger partial charge in [0, 0.05) is 21.7 Å². The van der Waals surface area contributed by atoms with Gasteiger partial charge in [0.15, 0.2) is 0 Å². The van der Waals surface area contributed by atoms with Crippen molar-refractivity contribution in [1.82, 2.24) is 0 Å². The van der Waals surface area contributed by atoms with Gasteiger partial charge < -0.3 is 5.73 Å². The normalized spacial score (nSPS) is 12.4. The van der Waals surface area contributed by atoms with Gasteiger partial charge in [0.1, 0.15) is 0 Å². The van der Waals surface area contributed by atoms with E-state index in [1.54, 1.807) is 11.8 Å². The Balaban J connectivity index is 2.20. The standard InChI is InChI=1S/C15H16ClNS/c1-11-6-8-12(9-7-11)18-15(10-17)13-4-2-3-5-14(13)16/h2-9,15H,10,17H2,1H3. The average Bonchev–Trinajstić information content (AvgIpc) is 2.39. The van der Waals surface area contributed by atoms with Crippen LogP contribution in [0.5, 0.6) is 0 Å². The summed E-state index contributed by atoms with van der Waals surface area (Å²) in [5.41, 5.74) is 8.24. The van der Waals surface area contributed by atoms with Crippen LogP contribution in [-0.2, 0) is 0 Å². The quantitative estimate of drug-likeness (QED) is 0.836. The van der Waals surface area contributed by atoms with Gasteiger partial charge in [-0.25, -0.2) is 0 Å². The Morgan fingerprint density at radius 1 is 1.11 bits per heavy atom. The Labute approximate surface area is 117 Å². The molecule has 0 saturated heterocycles. The molecule has 0 spiro atoms. The van der Waals surface area contributed by atoms with Crippen molar-refractivity contribution < 1.29 is 0 Å². The maximum Gasteiger partial charge on any atom is 0.0481 e.